The van der Waals surface area contributed by atoms with Gasteiger partial charge in [0.15, 0.2) is 15.7 Å². The van der Waals surface area contributed by atoms with E-state index in [9.17, 15) is 8.42 Å². The second-order valence-electron chi connectivity index (χ2n) is 3.95. The van der Waals surface area contributed by atoms with Crippen LogP contribution in [0, 0.1) is 0 Å². The van der Waals surface area contributed by atoms with Gasteiger partial charge in [-0.2, -0.15) is 4.98 Å². The van der Waals surface area contributed by atoms with E-state index in [1.807, 2.05) is 6.92 Å². The number of rotatable bonds is 8. The number of nitrogen functional groups attached to an aromatic ring is 1. The molecule has 7 nitrogen and oxygen atoms in total. The molecule has 8 heteroatoms. The Balaban J connectivity index is 2.64. The predicted octanol–water partition coefficient (Wildman–Crippen LogP) is 0.694. The van der Waals surface area contributed by atoms with E-state index in [2.05, 4.69) is 15.3 Å². The lowest BCUT2D eigenvalue weighted by Crippen LogP contribution is -2.18. The van der Waals surface area contributed by atoms with Crippen molar-refractivity contribution in [2.75, 3.05) is 35.7 Å². The molecule has 19 heavy (non-hydrogen) atoms. The van der Waals surface area contributed by atoms with Gasteiger partial charge >= 0.3 is 0 Å². The van der Waals surface area contributed by atoms with Crippen LogP contribution < -0.4 is 15.8 Å². The van der Waals surface area contributed by atoms with E-state index in [1.54, 1.807) is 6.92 Å². The maximum absolute atomic E-state index is 11.4. The van der Waals surface area contributed by atoms with Crippen LogP contribution in [0.25, 0.3) is 0 Å². The summed E-state index contributed by atoms with van der Waals surface area (Å²) < 4.78 is 28.1. The Morgan fingerprint density at radius 2 is 2.11 bits per heavy atom. The molecule has 3 N–H and O–H groups in total. The van der Waals surface area contributed by atoms with Crippen LogP contribution in [0.15, 0.2) is 6.33 Å². The summed E-state index contributed by atoms with van der Waals surface area (Å²) in [6, 6.07) is 0. The van der Waals surface area contributed by atoms with Gasteiger partial charge in [0, 0.05) is 12.3 Å². The van der Waals surface area contributed by atoms with Gasteiger partial charge in [0.25, 0.3) is 0 Å². The lowest BCUT2D eigenvalue weighted by atomic mass is 10.4. The number of nitrogens with zero attached hydrogens (tertiary/aromatic N) is 2. The van der Waals surface area contributed by atoms with Gasteiger partial charge in [0.2, 0.25) is 5.88 Å². The fourth-order valence-corrected chi connectivity index (χ4v) is 2.01. The smallest absolute Gasteiger partial charge is 0.242 e. The van der Waals surface area contributed by atoms with E-state index >= 15 is 0 Å². The molecule has 108 valence electrons. The van der Waals surface area contributed by atoms with Gasteiger partial charge in [-0.05, 0) is 6.42 Å². The average Bonchev–Trinajstić information content (AvgIpc) is 2.39. The van der Waals surface area contributed by atoms with E-state index in [0.717, 1.165) is 6.42 Å². The molecule has 0 aliphatic heterocycles. The zero-order chi connectivity index (χ0) is 14.3. The van der Waals surface area contributed by atoms with Crippen molar-refractivity contribution in [2.45, 2.75) is 20.3 Å². The molecule has 0 aliphatic carbocycles. The summed E-state index contributed by atoms with van der Waals surface area (Å²) in [5, 5.41) is 2.88. The zero-order valence-corrected chi connectivity index (χ0v) is 12.0. The Hall–Kier alpha value is -1.57. The van der Waals surface area contributed by atoms with Crippen molar-refractivity contribution in [3.63, 3.8) is 0 Å². The minimum absolute atomic E-state index is 0.0398. The molecule has 0 bridgehead atoms. The summed E-state index contributed by atoms with van der Waals surface area (Å²) >= 11 is 0. The van der Waals surface area contributed by atoms with Gasteiger partial charge in [0.05, 0.1) is 12.4 Å². The van der Waals surface area contributed by atoms with Crippen LogP contribution in [0.3, 0.4) is 0 Å². The molecule has 0 saturated heterocycles. The first-order valence-electron chi connectivity index (χ1n) is 6.17. The number of hydrogen-bond donors (Lipinski definition) is 2. The first-order valence-corrected chi connectivity index (χ1v) is 7.99. The molecule has 0 atom stereocenters. The molecule has 0 aliphatic rings. The fraction of sp³-hybridized carbons (Fsp3) is 0.636. The van der Waals surface area contributed by atoms with E-state index in [-0.39, 0.29) is 18.1 Å². The van der Waals surface area contributed by atoms with Crippen molar-refractivity contribution >= 4 is 21.3 Å². The molecule has 1 aromatic heterocycles. The average molecular weight is 288 g/mol. The van der Waals surface area contributed by atoms with E-state index in [1.165, 1.54) is 6.33 Å². The molecule has 0 spiro atoms. The highest BCUT2D eigenvalue weighted by molar-refractivity contribution is 7.91. The minimum atomic E-state index is -3.00. The van der Waals surface area contributed by atoms with Crippen LogP contribution in [0.5, 0.6) is 5.88 Å². The topological polar surface area (TPSA) is 107 Å². The van der Waals surface area contributed by atoms with Gasteiger partial charge in [0.1, 0.15) is 12.0 Å². The van der Waals surface area contributed by atoms with Crippen LogP contribution in [0.4, 0.5) is 11.5 Å². The molecule has 0 amide bonds. The number of nitrogens with two attached hydrogens (primary N) is 1. The Kier molecular flexibility index (Phi) is 5.81. The van der Waals surface area contributed by atoms with Gasteiger partial charge < -0.3 is 15.8 Å². The Bertz CT molecular complexity index is 505. The molecule has 0 radical (unpaired) electrons. The van der Waals surface area contributed by atoms with Crippen molar-refractivity contribution in [3.8, 4) is 5.88 Å². The monoisotopic (exact) mass is 288 g/mol. The summed E-state index contributed by atoms with van der Waals surface area (Å²) in [6.45, 7) is 4.37. The highest BCUT2D eigenvalue weighted by Crippen LogP contribution is 2.24. The van der Waals surface area contributed by atoms with E-state index in [4.69, 9.17) is 10.5 Å². The van der Waals surface area contributed by atoms with Gasteiger partial charge in [-0.15, -0.1) is 0 Å². The molecule has 0 unspecified atom stereocenters. The maximum Gasteiger partial charge on any atom is 0.242 e. The third-order valence-electron chi connectivity index (χ3n) is 2.44. The summed E-state index contributed by atoms with van der Waals surface area (Å²) in [7, 11) is -3.00. The Morgan fingerprint density at radius 1 is 1.37 bits per heavy atom. The quantitative estimate of drug-likeness (QED) is 0.724. The second-order valence-corrected chi connectivity index (χ2v) is 6.43. The third-order valence-corrected chi connectivity index (χ3v) is 4.14. The largest absolute Gasteiger partial charge is 0.476 e. The second kappa shape index (κ2) is 7.13. The Morgan fingerprint density at radius 3 is 2.74 bits per heavy atom. The van der Waals surface area contributed by atoms with Crippen LogP contribution in [0.2, 0.25) is 0 Å². The normalized spacial score (nSPS) is 11.3. The summed E-state index contributed by atoms with van der Waals surface area (Å²) in [5.41, 5.74) is 6.14. The number of aromatic nitrogens is 2. The summed E-state index contributed by atoms with van der Waals surface area (Å²) in [6.07, 6.45) is 2.18. The SMILES string of the molecule is CCCOc1ncnc(NCCS(=O)(=O)CC)c1N. The van der Waals surface area contributed by atoms with Crippen molar-refractivity contribution in [2.24, 2.45) is 0 Å². The molecule has 1 rings (SSSR count). The van der Waals surface area contributed by atoms with E-state index in [0.29, 0.717) is 24.0 Å². The third kappa shape index (κ3) is 4.90. The first kappa shape index (κ1) is 15.5. The molecule has 0 saturated carbocycles. The molecule has 1 heterocycles. The van der Waals surface area contributed by atoms with Crippen molar-refractivity contribution < 1.29 is 13.2 Å². The molecule has 0 aromatic carbocycles. The summed E-state index contributed by atoms with van der Waals surface area (Å²) in [5.74, 6) is 0.877. The lowest BCUT2D eigenvalue weighted by molar-refractivity contribution is 0.307. The highest BCUT2D eigenvalue weighted by Gasteiger charge is 2.11. The molecular weight excluding hydrogens is 268 g/mol. The molecule has 1 aromatic rings. The maximum atomic E-state index is 11.4. The number of nitrogens with one attached hydrogen (secondary N) is 1. The Labute approximate surface area is 113 Å². The van der Waals surface area contributed by atoms with Crippen molar-refractivity contribution in [1.82, 2.24) is 9.97 Å². The van der Waals surface area contributed by atoms with Crippen molar-refractivity contribution in [3.05, 3.63) is 6.33 Å². The first-order chi connectivity index (χ1) is 9.00. The lowest BCUT2D eigenvalue weighted by Gasteiger charge is -2.11. The van der Waals surface area contributed by atoms with Gasteiger partial charge in [-0.3, -0.25) is 0 Å². The van der Waals surface area contributed by atoms with E-state index < -0.39 is 9.84 Å². The molecule has 0 fully saturated rings. The van der Waals surface area contributed by atoms with Crippen LogP contribution in [0.1, 0.15) is 20.3 Å². The van der Waals surface area contributed by atoms with Crippen LogP contribution in [-0.4, -0.2) is 43.0 Å². The number of sulfone groups is 1. The number of ether oxygens (including phenoxy) is 1. The minimum Gasteiger partial charge on any atom is -0.476 e. The number of anilines is 2. The van der Waals surface area contributed by atoms with Gasteiger partial charge in [-0.1, -0.05) is 13.8 Å². The standard InChI is InChI=1S/C11H20N4O3S/c1-3-6-18-11-9(12)10(14-8-15-11)13-5-7-19(16,17)4-2/h8H,3-7,12H2,1-2H3,(H,13,14,15). The van der Waals surface area contributed by atoms with Crippen molar-refractivity contribution in [1.29, 1.82) is 0 Å². The zero-order valence-electron chi connectivity index (χ0n) is 11.2. The van der Waals surface area contributed by atoms with Crippen LogP contribution >= 0.6 is 0 Å². The fourth-order valence-electron chi connectivity index (χ4n) is 1.30. The predicted molar refractivity (Wildman–Crippen MR) is 75.0 cm³/mol. The summed E-state index contributed by atoms with van der Waals surface area (Å²) in [4.78, 5) is 7.90. The van der Waals surface area contributed by atoms with Crippen LogP contribution in [-0.2, 0) is 9.84 Å². The molecular formula is C11H20N4O3S. The highest BCUT2D eigenvalue weighted by atomic mass is 32.2. The number of hydrogen-bond acceptors (Lipinski definition) is 7. The van der Waals surface area contributed by atoms with Gasteiger partial charge in [-0.25, -0.2) is 13.4 Å².